The molecule has 0 radical (unpaired) electrons. The largest absolute Gasteiger partial charge is 0.417 e. The van der Waals surface area contributed by atoms with Gasteiger partial charge in [-0.1, -0.05) is 6.07 Å². The van der Waals surface area contributed by atoms with Gasteiger partial charge in [-0.2, -0.15) is 31.4 Å². The third-order valence-corrected chi connectivity index (χ3v) is 3.66. The summed E-state index contributed by atoms with van der Waals surface area (Å²) < 4.78 is 90.8. The molecule has 3 rings (SSSR count). The summed E-state index contributed by atoms with van der Waals surface area (Å²) in [5.41, 5.74) is -2.73. The molecule has 0 spiro atoms. The van der Waals surface area contributed by atoms with Crippen LogP contribution in [0, 0.1) is 5.82 Å². The van der Waals surface area contributed by atoms with Crippen LogP contribution in [0.2, 0.25) is 0 Å². The Morgan fingerprint density at radius 1 is 0.769 bits per heavy atom. The fourth-order valence-electron chi connectivity index (χ4n) is 2.42. The van der Waals surface area contributed by atoms with Gasteiger partial charge in [0, 0.05) is 11.1 Å². The van der Waals surface area contributed by atoms with Gasteiger partial charge in [-0.3, -0.25) is 5.10 Å². The molecule has 136 valence electrons. The summed E-state index contributed by atoms with van der Waals surface area (Å²) in [6.07, 6.45) is -9.89. The van der Waals surface area contributed by atoms with Crippen molar-refractivity contribution in [2.24, 2.45) is 0 Å². The molecule has 0 amide bonds. The lowest BCUT2D eigenvalue weighted by Crippen LogP contribution is -2.12. The molecule has 1 N–H and O–H groups in total. The van der Waals surface area contributed by atoms with E-state index in [0.29, 0.717) is 11.6 Å². The minimum atomic E-state index is -4.99. The van der Waals surface area contributed by atoms with Crippen molar-refractivity contribution in [1.29, 1.82) is 0 Å². The van der Waals surface area contributed by atoms with Crippen molar-refractivity contribution in [3.8, 4) is 22.5 Å². The number of nitrogens with one attached hydrogen (secondary N) is 1. The number of aromatic nitrogens is 2. The lowest BCUT2D eigenvalue weighted by molar-refractivity contribution is -0.142. The highest BCUT2D eigenvalue weighted by Gasteiger charge is 2.38. The molecular formula is C17H9F7N2. The zero-order chi connectivity index (χ0) is 19.1. The van der Waals surface area contributed by atoms with E-state index in [4.69, 9.17) is 0 Å². The molecule has 0 aliphatic carbocycles. The Morgan fingerprint density at radius 3 is 2.00 bits per heavy atom. The van der Waals surface area contributed by atoms with Crippen LogP contribution in [0.5, 0.6) is 0 Å². The molecule has 0 saturated carbocycles. The normalized spacial score (nSPS) is 12.4. The van der Waals surface area contributed by atoms with Crippen molar-refractivity contribution in [1.82, 2.24) is 10.2 Å². The quantitative estimate of drug-likeness (QED) is 0.554. The highest BCUT2D eigenvalue weighted by molar-refractivity contribution is 5.71. The van der Waals surface area contributed by atoms with Crippen molar-refractivity contribution in [2.75, 3.05) is 0 Å². The number of halogens is 7. The third kappa shape index (κ3) is 3.56. The summed E-state index contributed by atoms with van der Waals surface area (Å²) in [6.45, 7) is 0. The predicted molar refractivity (Wildman–Crippen MR) is 79.4 cm³/mol. The summed E-state index contributed by atoms with van der Waals surface area (Å²) >= 11 is 0. The summed E-state index contributed by atoms with van der Waals surface area (Å²) in [4.78, 5) is 0. The molecule has 3 aromatic rings. The van der Waals surface area contributed by atoms with Gasteiger partial charge in [-0.25, -0.2) is 4.39 Å². The molecular weight excluding hydrogens is 365 g/mol. The first-order valence-corrected chi connectivity index (χ1v) is 7.16. The molecule has 0 aliphatic heterocycles. The minimum absolute atomic E-state index is 0.0632. The van der Waals surface area contributed by atoms with Gasteiger partial charge >= 0.3 is 12.4 Å². The van der Waals surface area contributed by atoms with Crippen molar-refractivity contribution in [3.05, 3.63) is 65.5 Å². The summed E-state index contributed by atoms with van der Waals surface area (Å²) in [5.74, 6) is -0.494. The Labute approximate surface area is 142 Å². The van der Waals surface area contributed by atoms with Crippen LogP contribution in [0.4, 0.5) is 30.7 Å². The van der Waals surface area contributed by atoms with Crippen LogP contribution < -0.4 is 0 Å². The molecule has 0 fully saturated rings. The molecule has 1 heterocycles. The monoisotopic (exact) mass is 374 g/mol. The highest BCUT2D eigenvalue weighted by atomic mass is 19.4. The van der Waals surface area contributed by atoms with Crippen molar-refractivity contribution < 1.29 is 30.7 Å². The van der Waals surface area contributed by atoms with Gasteiger partial charge in [0.2, 0.25) is 0 Å². The lowest BCUT2D eigenvalue weighted by Gasteiger charge is -2.15. The van der Waals surface area contributed by atoms with Gasteiger partial charge in [0.05, 0.1) is 22.5 Å². The van der Waals surface area contributed by atoms with Gasteiger partial charge in [0.25, 0.3) is 0 Å². The van der Waals surface area contributed by atoms with Crippen LogP contribution in [-0.2, 0) is 12.4 Å². The highest BCUT2D eigenvalue weighted by Crippen LogP contribution is 2.40. The number of aromatic amines is 1. The van der Waals surface area contributed by atoms with E-state index in [9.17, 15) is 30.7 Å². The van der Waals surface area contributed by atoms with Crippen molar-refractivity contribution in [3.63, 3.8) is 0 Å². The van der Waals surface area contributed by atoms with E-state index in [2.05, 4.69) is 10.2 Å². The number of hydrogen-bond acceptors (Lipinski definition) is 1. The SMILES string of the molecule is Fc1ccc(-c2cc(-c3ccc(C(F)(F)F)cc3C(F)(F)F)[nH]n2)cc1. The maximum Gasteiger partial charge on any atom is 0.417 e. The molecule has 9 heteroatoms. The Hall–Kier alpha value is -2.84. The fourth-order valence-corrected chi connectivity index (χ4v) is 2.42. The first-order chi connectivity index (χ1) is 12.1. The standard InChI is InChI=1S/C17H9F7N2/c18-11-4-1-9(2-5-11)14-8-15(26-25-14)12-6-3-10(16(19,20)21)7-13(12)17(22,23)24/h1-8H,(H,25,26). The molecule has 2 nitrogen and oxygen atoms in total. The fraction of sp³-hybridized carbons (Fsp3) is 0.118. The molecule has 26 heavy (non-hydrogen) atoms. The van der Waals surface area contributed by atoms with E-state index in [0.717, 1.165) is 18.2 Å². The van der Waals surface area contributed by atoms with E-state index < -0.39 is 34.9 Å². The van der Waals surface area contributed by atoms with Crippen molar-refractivity contribution in [2.45, 2.75) is 12.4 Å². The van der Waals surface area contributed by atoms with Gasteiger partial charge < -0.3 is 0 Å². The molecule has 0 atom stereocenters. The van der Waals surface area contributed by atoms with Crippen LogP contribution in [0.25, 0.3) is 22.5 Å². The molecule has 1 aromatic heterocycles. The number of rotatable bonds is 2. The maximum atomic E-state index is 13.2. The predicted octanol–water partition coefficient (Wildman–Crippen LogP) is 5.92. The first kappa shape index (κ1) is 18.0. The van der Waals surface area contributed by atoms with Crippen LogP contribution in [-0.4, -0.2) is 10.2 Å². The van der Waals surface area contributed by atoms with Gasteiger partial charge in [-0.15, -0.1) is 0 Å². The van der Waals surface area contributed by atoms with Gasteiger partial charge in [0.1, 0.15) is 5.82 Å². The van der Waals surface area contributed by atoms with Crippen LogP contribution >= 0.6 is 0 Å². The maximum absolute atomic E-state index is 13.2. The number of alkyl halides is 6. The number of nitrogens with zero attached hydrogens (tertiary/aromatic N) is 1. The zero-order valence-corrected chi connectivity index (χ0v) is 12.7. The second kappa shape index (κ2) is 6.15. The molecule has 0 bridgehead atoms. The van der Waals surface area contributed by atoms with E-state index in [1.54, 1.807) is 0 Å². The lowest BCUT2D eigenvalue weighted by atomic mass is 10.00. The van der Waals surface area contributed by atoms with Crippen LogP contribution in [0.15, 0.2) is 48.5 Å². The Balaban J connectivity index is 2.08. The molecule has 0 unspecified atom stereocenters. The average Bonchev–Trinajstić information content (AvgIpc) is 3.03. The summed E-state index contributed by atoms with van der Waals surface area (Å²) in [5, 5.41) is 6.23. The minimum Gasteiger partial charge on any atom is -0.277 e. The van der Waals surface area contributed by atoms with Gasteiger partial charge in [-0.05, 0) is 42.5 Å². The second-order valence-corrected chi connectivity index (χ2v) is 5.43. The van der Waals surface area contributed by atoms with Crippen molar-refractivity contribution >= 4 is 0 Å². The molecule has 0 aliphatic rings. The van der Waals surface area contributed by atoms with Crippen LogP contribution in [0.3, 0.4) is 0 Å². The summed E-state index contributed by atoms with van der Waals surface area (Å²) in [6, 6.07) is 7.71. The smallest absolute Gasteiger partial charge is 0.277 e. The van der Waals surface area contributed by atoms with Gasteiger partial charge in [0.15, 0.2) is 0 Å². The number of hydrogen-bond donors (Lipinski definition) is 1. The van der Waals surface area contributed by atoms with E-state index in [1.807, 2.05) is 0 Å². The van der Waals surface area contributed by atoms with E-state index >= 15 is 0 Å². The topological polar surface area (TPSA) is 28.7 Å². The summed E-state index contributed by atoms with van der Waals surface area (Å²) in [7, 11) is 0. The molecule has 2 aromatic carbocycles. The molecule has 0 saturated heterocycles. The number of H-pyrrole nitrogens is 1. The number of benzene rings is 2. The Bertz CT molecular complexity index is 922. The Morgan fingerprint density at radius 2 is 1.42 bits per heavy atom. The van der Waals surface area contributed by atoms with E-state index in [1.165, 1.54) is 18.2 Å². The first-order valence-electron chi connectivity index (χ1n) is 7.16. The Kier molecular flexibility index (Phi) is 4.25. The average molecular weight is 374 g/mol. The van der Waals surface area contributed by atoms with Crippen LogP contribution in [0.1, 0.15) is 11.1 Å². The van der Waals surface area contributed by atoms with E-state index in [-0.39, 0.29) is 17.5 Å². The zero-order valence-electron chi connectivity index (χ0n) is 12.7. The second-order valence-electron chi connectivity index (χ2n) is 5.43. The third-order valence-electron chi connectivity index (χ3n) is 3.66.